The first-order valence-electron chi connectivity index (χ1n) is 8.78. The largest absolute Gasteiger partial charge is 0.420 e. The summed E-state index contributed by atoms with van der Waals surface area (Å²) in [5.74, 6) is 0. The molecule has 0 aliphatic rings. The van der Waals surface area contributed by atoms with Crippen LogP contribution in [0.25, 0.3) is 0 Å². The maximum absolute atomic E-state index is 13.6. The Labute approximate surface area is 161 Å². The number of benzene rings is 1. The van der Waals surface area contributed by atoms with E-state index in [9.17, 15) is 26.4 Å². The van der Waals surface area contributed by atoms with Gasteiger partial charge in [0.2, 0.25) is 9.84 Å². The first-order chi connectivity index (χ1) is 13.0. The fourth-order valence-electron chi connectivity index (χ4n) is 2.96. The van der Waals surface area contributed by atoms with Crippen LogP contribution in [0.3, 0.4) is 0 Å². The van der Waals surface area contributed by atoms with Gasteiger partial charge in [-0.15, -0.1) is 0 Å². The average Bonchev–Trinajstić information content (AvgIpc) is 3.09. The van der Waals surface area contributed by atoms with Gasteiger partial charge in [0.15, 0.2) is 5.03 Å². The third-order valence-corrected chi connectivity index (χ3v) is 6.35. The lowest BCUT2D eigenvalue weighted by Gasteiger charge is -2.17. The highest BCUT2D eigenvalue weighted by Gasteiger charge is 2.42. The Hall–Kier alpha value is -2.36. The monoisotopic (exact) mass is 417 g/mol. The minimum absolute atomic E-state index is 0.205. The van der Waals surface area contributed by atoms with E-state index in [4.69, 9.17) is 0 Å². The lowest BCUT2D eigenvalue weighted by Crippen LogP contribution is -2.34. The topological polar surface area (TPSA) is 72.3 Å². The van der Waals surface area contributed by atoms with Gasteiger partial charge in [-0.25, -0.2) is 13.2 Å². The Bertz CT molecular complexity index is 978. The van der Waals surface area contributed by atoms with Crippen LogP contribution < -0.4 is 0 Å². The van der Waals surface area contributed by atoms with E-state index in [2.05, 4.69) is 5.10 Å². The standard InChI is InChI=1S/C18H22F3N3O3S/c1-5-13-10-8-9-12(4)15(13)28(26,27)16-14(18(19,20)21)11-24(22-16)17(25)23(6-2)7-3/h8-11H,5-7H2,1-4H3. The number of amides is 1. The molecule has 2 rings (SSSR count). The van der Waals surface area contributed by atoms with Crippen molar-refractivity contribution in [3.8, 4) is 0 Å². The van der Waals surface area contributed by atoms with E-state index < -0.39 is 32.6 Å². The number of carbonyl (C=O) groups excluding carboxylic acids is 1. The molecule has 1 aromatic carbocycles. The summed E-state index contributed by atoms with van der Waals surface area (Å²) in [6.45, 7) is 7.04. The van der Waals surface area contributed by atoms with Gasteiger partial charge in [-0.3, -0.25) is 0 Å². The molecule has 0 fully saturated rings. The number of rotatable bonds is 5. The van der Waals surface area contributed by atoms with Crippen molar-refractivity contribution >= 4 is 15.9 Å². The Balaban J connectivity index is 2.76. The number of alkyl halides is 3. The summed E-state index contributed by atoms with van der Waals surface area (Å²) in [5.41, 5.74) is -0.756. The normalized spacial score (nSPS) is 12.2. The second-order valence-corrected chi connectivity index (χ2v) is 7.97. The average molecular weight is 417 g/mol. The van der Waals surface area contributed by atoms with Crippen LogP contribution in [0.2, 0.25) is 0 Å². The number of aromatic nitrogens is 2. The predicted octanol–water partition coefficient (Wildman–Crippen LogP) is 3.92. The maximum atomic E-state index is 13.6. The van der Waals surface area contributed by atoms with Crippen molar-refractivity contribution in [2.45, 2.75) is 50.2 Å². The van der Waals surface area contributed by atoms with Gasteiger partial charge in [0.25, 0.3) is 0 Å². The number of sulfone groups is 1. The molecule has 6 nitrogen and oxygen atoms in total. The lowest BCUT2D eigenvalue weighted by atomic mass is 10.1. The summed E-state index contributed by atoms with van der Waals surface area (Å²) in [5, 5.41) is 2.41. The van der Waals surface area contributed by atoms with Crippen molar-refractivity contribution in [1.29, 1.82) is 0 Å². The zero-order valence-electron chi connectivity index (χ0n) is 16.0. The second kappa shape index (κ2) is 7.94. The van der Waals surface area contributed by atoms with Gasteiger partial charge in [0, 0.05) is 19.3 Å². The molecule has 1 aromatic heterocycles. The van der Waals surface area contributed by atoms with Gasteiger partial charge in [-0.05, 0) is 38.3 Å². The maximum Gasteiger partial charge on any atom is 0.420 e. The molecule has 1 heterocycles. The van der Waals surface area contributed by atoms with Gasteiger partial charge >= 0.3 is 12.2 Å². The van der Waals surface area contributed by atoms with Crippen molar-refractivity contribution in [3.63, 3.8) is 0 Å². The summed E-state index contributed by atoms with van der Waals surface area (Å²) in [6.07, 6.45) is -4.23. The highest BCUT2D eigenvalue weighted by atomic mass is 32.2. The zero-order valence-corrected chi connectivity index (χ0v) is 16.9. The van der Waals surface area contributed by atoms with E-state index in [1.54, 1.807) is 32.9 Å². The van der Waals surface area contributed by atoms with E-state index in [0.29, 0.717) is 28.4 Å². The molecule has 0 unspecified atom stereocenters. The Morgan fingerprint density at radius 3 is 2.29 bits per heavy atom. The minimum atomic E-state index is -4.99. The van der Waals surface area contributed by atoms with Crippen LogP contribution in [0.5, 0.6) is 0 Å². The van der Waals surface area contributed by atoms with Crippen molar-refractivity contribution in [3.05, 3.63) is 41.1 Å². The molecular formula is C18H22F3N3O3S. The van der Waals surface area contributed by atoms with Gasteiger partial charge < -0.3 is 4.90 Å². The highest BCUT2D eigenvalue weighted by Crippen LogP contribution is 2.37. The molecule has 0 atom stereocenters. The molecule has 0 saturated heterocycles. The molecule has 2 aromatic rings. The van der Waals surface area contributed by atoms with Gasteiger partial charge in [0.1, 0.15) is 5.56 Å². The van der Waals surface area contributed by atoms with Crippen LogP contribution in [0.1, 0.15) is 37.5 Å². The number of hydrogen-bond donors (Lipinski definition) is 0. The van der Waals surface area contributed by atoms with Crippen LogP contribution in [-0.2, 0) is 22.4 Å². The first kappa shape index (κ1) is 21.9. The molecule has 0 bridgehead atoms. The van der Waals surface area contributed by atoms with Crippen molar-refractivity contribution in [1.82, 2.24) is 14.7 Å². The van der Waals surface area contributed by atoms with E-state index in [-0.39, 0.29) is 18.0 Å². The summed E-state index contributed by atoms with van der Waals surface area (Å²) < 4.78 is 67.5. The summed E-state index contributed by atoms with van der Waals surface area (Å²) in [6, 6.07) is 3.88. The van der Waals surface area contributed by atoms with Crippen LogP contribution in [0.15, 0.2) is 34.3 Å². The summed E-state index contributed by atoms with van der Waals surface area (Å²) in [7, 11) is -4.60. The molecule has 1 amide bonds. The van der Waals surface area contributed by atoms with Gasteiger partial charge in [-0.1, -0.05) is 25.1 Å². The molecule has 0 radical (unpaired) electrons. The second-order valence-electron chi connectivity index (χ2n) is 6.17. The molecule has 0 spiro atoms. The first-order valence-corrected chi connectivity index (χ1v) is 10.3. The fraction of sp³-hybridized carbons (Fsp3) is 0.444. The van der Waals surface area contributed by atoms with Crippen LogP contribution in [-0.4, -0.2) is 42.2 Å². The van der Waals surface area contributed by atoms with Crippen LogP contribution >= 0.6 is 0 Å². The molecule has 0 aliphatic carbocycles. The molecule has 10 heteroatoms. The minimum Gasteiger partial charge on any atom is -0.323 e. The van der Waals surface area contributed by atoms with Crippen LogP contribution in [0.4, 0.5) is 18.0 Å². The SMILES string of the molecule is CCc1cccc(C)c1S(=O)(=O)c1nn(C(=O)N(CC)CC)cc1C(F)(F)F. The number of carbonyl (C=O) groups is 1. The number of aryl methyl sites for hydroxylation is 2. The number of halogens is 3. The van der Waals surface area contributed by atoms with E-state index in [1.807, 2.05) is 0 Å². The third kappa shape index (κ3) is 3.91. The molecular weight excluding hydrogens is 395 g/mol. The summed E-state index contributed by atoms with van der Waals surface area (Å²) in [4.78, 5) is 13.5. The molecule has 0 aliphatic heterocycles. The lowest BCUT2D eigenvalue weighted by molar-refractivity contribution is -0.139. The smallest absolute Gasteiger partial charge is 0.323 e. The van der Waals surface area contributed by atoms with E-state index in [1.165, 1.54) is 17.9 Å². The van der Waals surface area contributed by atoms with Gasteiger partial charge in [0.05, 0.1) is 4.90 Å². The quantitative estimate of drug-likeness (QED) is 0.739. The molecule has 0 N–H and O–H groups in total. The fourth-order valence-corrected chi connectivity index (χ4v) is 4.86. The molecule has 154 valence electrons. The van der Waals surface area contributed by atoms with Crippen molar-refractivity contribution < 1.29 is 26.4 Å². The molecule has 0 saturated carbocycles. The predicted molar refractivity (Wildman–Crippen MR) is 97.0 cm³/mol. The summed E-state index contributed by atoms with van der Waals surface area (Å²) >= 11 is 0. The zero-order chi connectivity index (χ0) is 21.3. The van der Waals surface area contributed by atoms with Crippen molar-refractivity contribution in [2.24, 2.45) is 0 Å². The van der Waals surface area contributed by atoms with E-state index >= 15 is 0 Å². The van der Waals surface area contributed by atoms with Gasteiger partial charge in [-0.2, -0.15) is 23.0 Å². The third-order valence-electron chi connectivity index (χ3n) is 4.41. The Morgan fingerprint density at radius 1 is 1.18 bits per heavy atom. The highest BCUT2D eigenvalue weighted by molar-refractivity contribution is 7.91. The van der Waals surface area contributed by atoms with Crippen molar-refractivity contribution in [2.75, 3.05) is 13.1 Å². The molecule has 28 heavy (non-hydrogen) atoms. The Kier molecular flexibility index (Phi) is 6.22. The van der Waals surface area contributed by atoms with E-state index in [0.717, 1.165) is 0 Å². The van der Waals surface area contributed by atoms with Crippen LogP contribution in [0, 0.1) is 6.92 Å². The number of hydrogen-bond acceptors (Lipinski definition) is 4. The number of nitrogens with zero attached hydrogens (tertiary/aromatic N) is 3. The Morgan fingerprint density at radius 2 is 1.79 bits per heavy atom.